The molecule has 10 heteroatoms. The van der Waals surface area contributed by atoms with Crippen molar-refractivity contribution in [2.45, 2.75) is 20.0 Å². The lowest BCUT2D eigenvalue weighted by Gasteiger charge is -2.06. The topological polar surface area (TPSA) is 117 Å². The van der Waals surface area contributed by atoms with Crippen LogP contribution >= 0.6 is 0 Å². The Morgan fingerprint density at radius 2 is 1.97 bits per heavy atom. The summed E-state index contributed by atoms with van der Waals surface area (Å²) in [6.07, 6.45) is 1.58. The summed E-state index contributed by atoms with van der Waals surface area (Å²) < 4.78 is 13.1. The molecule has 1 amide bonds. The minimum absolute atomic E-state index is 0.228. The summed E-state index contributed by atoms with van der Waals surface area (Å²) in [6.45, 7) is 2.05. The Morgan fingerprint density at radius 3 is 2.80 bits per heavy atom. The van der Waals surface area contributed by atoms with E-state index in [0.717, 1.165) is 21.4 Å². The first kappa shape index (κ1) is 22.1. The molecule has 10 nitrogen and oxygen atoms in total. The SMILES string of the molecule is COc1cccc(CNC(=O)Cn2nc3c(-c4nc(-c5cccc(C)c5)no4)cccn3c2=O)c1. The first-order valence-electron chi connectivity index (χ1n) is 10.9. The van der Waals surface area contributed by atoms with Crippen LogP contribution in [-0.4, -0.2) is 37.3 Å². The second kappa shape index (κ2) is 9.26. The number of hydrogen-bond donors (Lipinski definition) is 1. The van der Waals surface area contributed by atoms with E-state index in [0.29, 0.717) is 29.3 Å². The van der Waals surface area contributed by atoms with Crippen molar-refractivity contribution in [1.29, 1.82) is 0 Å². The van der Waals surface area contributed by atoms with Crippen LogP contribution in [0.15, 0.2) is 76.2 Å². The fourth-order valence-corrected chi connectivity index (χ4v) is 3.72. The van der Waals surface area contributed by atoms with Crippen molar-refractivity contribution in [3.8, 4) is 28.6 Å². The molecule has 2 aromatic carbocycles. The molecule has 5 rings (SSSR count). The summed E-state index contributed by atoms with van der Waals surface area (Å²) >= 11 is 0. The van der Waals surface area contributed by atoms with Gasteiger partial charge >= 0.3 is 5.69 Å². The van der Waals surface area contributed by atoms with E-state index in [1.807, 2.05) is 55.5 Å². The number of ether oxygens (including phenoxy) is 1. The van der Waals surface area contributed by atoms with E-state index in [4.69, 9.17) is 9.26 Å². The van der Waals surface area contributed by atoms with Crippen LogP contribution in [0.2, 0.25) is 0 Å². The molecule has 3 heterocycles. The standard InChI is InChI=1S/C25H22N6O4/c1-16-6-3-8-18(12-16)22-27-24(35-29-22)20-10-5-11-30-23(20)28-31(25(30)33)15-21(32)26-14-17-7-4-9-19(13-17)34-2/h3-13H,14-15H2,1-2H3,(H,26,32). The third-order valence-corrected chi connectivity index (χ3v) is 5.46. The van der Waals surface area contributed by atoms with Gasteiger partial charge in [0.15, 0.2) is 5.65 Å². The summed E-state index contributed by atoms with van der Waals surface area (Å²) in [4.78, 5) is 29.9. The van der Waals surface area contributed by atoms with Gasteiger partial charge in [-0.2, -0.15) is 4.98 Å². The van der Waals surface area contributed by atoms with Gasteiger partial charge in [0.25, 0.3) is 5.89 Å². The molecule has 5 aromatic rings. The van der Waals surface area contributed by atoms with Gasteiger partial charge in [-0.05, 0) is 42.8 Å². The van der Waals surface area contributed by atoms with E-state index in [9.17, 15) is 9.59 Å². The van der Waals surface area contributed by atoms with Crippen LogP contribution in [-0.2, 0) is 17.9 Å². The van der Waals surface area contributed by atoms with Crippen molar-refractivity contribution in [2.24, 2.45) is 0 Å². The van der Waals surface area contributed by atoms with Crippen LogP contribution in [0.1, 0.15) is 11.1 Å². The number of nitrogens with zero attached hydrogens (tertiary/aromatic N) is 5. The van der Waals surface area contributed by atoms with Gasteiger partial charge in [0.2, 0.25) is 11.7 Å². The Kier molecular flexibility index (Phi) is 5.84. The number of pyridine rings is 1. The predicted molar refractivity (Wildman–Crippen MR) is 128 cm³/mol. The molecule has 0 unspecified atom stereocenters. The summed E-state index contributed by atoms with van der Waals surface area (Å²) in [6, 6.07) is 18.6. The molecule has 176 valence electrons. The lowest BCUT2D eigenvalue weighted by molar-refractivity contribution is -0.122. The molecular weight excluding hydrogens is 448 g/mol. The molecule has 0 atom stereocenters. The summed E-state index contributed by atoms with van der Waals surface area (Å²) in [5.74, 6) is 1.02. The second-order valence-corrected chi connectivity index (χ2v) is 7.98. The highest BCUT2D eigenvalue weighted by Crippen LogP contribution is 2.25. The quantitative estimate of drug-likeness (QED) is 0.389. The lowest BCUT2D eigenvalue weighted by atomic mass is 10.1. The number of carbonyl (C=O) groups is 1. The maximum absolute atomic E-state index is 12.9. The zero-order valence-corrected chi connectivity index (χ0v) is 19.1. The van der Waals surface area contributed by atoms with Gasteiger partial charge in [0.1, 0.15) is 12.3 Å². The van der Waals surface area contributed by atoms with Crippen LogP contribution in [0.3, 0.4) is 0 Å². The van der Waals surface area contributed by atoms with Crippen molar-refractivity contribution in [1.82, 2.24) is 29.6 Å². The average molecular weight is 470 g/mol. The minimum atomic E-state index is -0.447. The van der Waals surface area contributed by atoms with E-state index < -0.39 is 5.69 Å². The zero-order valence-electron chi connectivity index (χ0n) is 19.1. The second-order valence-electron chi connectivity index (χ2n) is 7.98. The summed E-state index contributed by atoms with van der Waals surface area (Å²) in [5, 5.41) is 11.2. The van der Waals surface area contributed by atoms with Gasteiger partial charge in [0.05, 0.1) is 12.7 Å². The fraction of sp³-hybridized carbons (Fsp3) is 0.160. The van der Waals surface area contributed by atoms with Gasteiger partial charge < -0.3 is 14.6 Å². The summed E-state index contributed by atoms with van der Waals surface area (Å²) in [5.41, 5.74) is 3.14. The number of benzene rings is 2. The van der Waals surface area contributed by atoms with E-state index in [1.54, 1.807) is 25.4 Å². The maximum atomic E-state index is 12.9. The van der Waals surface area contributed by atoms with Crippen LogP contribution < -0.4 is 15.7 Å². The number of fused-ring (bicyclic) bond motifs is 1. The smallest absolute Gasteiger partial charge is 0.350 e. The molecular formula is C25H22N6O4. The van der Waals surface area contributed by atoms with E-state index in [-0.39, 0.29) is 18.3 Å². The molecule has 0 saturated heterocycles. The molecule has 1 N–H and O–H groups in total. The molecule has 3 aromatic heterocycles. The Hall–Kier alpha value is -4.73. The highest BCUT2D eigenvalue weighted by atomic mass is 16.5. The number of aromatic nitrogens is 5. The molecule has 0 spiro atoms. The van der Waals surface area contributed by atoms with Crippen LogP contribution in [0.4, 0.5) is 0 Å². The largest absolute Gasteiger partial charge is 0.497 e. The summed E-state index contributed by atoms with van der Waals surface area (Å²) in [7, 11) is 1.58. The minimum Gasteiger partial charge on any atom is -0.497 e. The number of aryl methyl sites for hydroxylation is 1. The van der Waals surface area contributed by atoms with Crippen molar-refractivity contribution in [2.75, 3.05) is 7.11 Å². The molecule has 35 heavy (non-hydrogen) atoms. The zero-order chi connectivity index (χ0) is 24.4. The monoisotopic (exact) mass is 470 g/mol. The van der Waals surface area contributed by atoms with Crippen LogP contribution in [0, 0.1) is 6.92 Å². The van der Waals surface area contributed by atoms with E-state index >= 15 is 0 Å². The van der Waals surface area contributed by atoms with Gasteiger partial charge in [-0.25, -0.2) is 13.9 Å². The van der Waals surface area contributed by atoms with Crippen molar-refractivity contribution in [3.05, 3.63) is 88.5 Å². The van der Waals surface area contributed by atoms with Gasteiger partial charge in [-0.15, -0.1) is 5.10 Å². The number of rotatable bonds is 7. The number of nitrogens with one attached hydrogen (secondary N) is 1. The number of methoxy groups -OCH3 is 1. The third kappa shape index (κ3) is 4.54. The van der Waals surface area contributed by atoms with Crippen molar-refractivity contribution >= 4 is 11.6 Å². The van der Waals surface area contributed by atoms with Crippen LogP contribution in [0.25, 0.3) is 28.5 Å². The Bertz CT molecular complexity index is 1580. The first-order valence-corrected chi connectivity index (χ1v) is 10.9. The number of carbonyl (C=O) groups excluding carboxylic acids is 1. The lowest BCUT2D eigenvalue weighted by Crippen LogP contribution is -2.32. The van der Waals surface area contributed by atoms with Crippen molar-refractivity contribution in [3.63, 3.8) is 0 Å². The first-order chi connectivity index (χ1) is 17.0. The fourth-order valence-electron chi connectivity index (χ4n) is 3.72. The molecule has 0 bridgehead atoms. The van der Waals surface area contributed by atoms with Gasteiger partial charge in [0, 0.05) is 18.3 Å². The molecule has 0 saturated carbocycles. The van der Waals surface area contributed by atoms with Gasteiger partial charge in [-0.3, -0.25) is 4.79 Å². The maximum Gasteiger partial charge on any atom is 0.350 e. The van der Waals surface area contributed by atoms with Gasteiger partial charge in [-0.1, -0.05) is 41.1 Å². The number of amides is 1. The average Bonchev–Trinajstić information content (AvgIpc) is 3.48. The Labute approximate surface area is 199 Å². The van der Waals surface area contributed by atoms with E-state index in [2.05, 4.69) is 20.6 Å². The highest BCUT2D eigenvalue weighted by Gasteiger charge is 2.18. The molecule has 0 aliphatic rings. The normalized spacial score (nSPS) is 11.0. The third-order valence-electron chi connectivity index (χ3n) is 5.46. The predicted octanol–water partition coefficient (Wildman–Crippen LogP) is 2.85. The number of hydrogen-bond acceptors (Lipinski definition) is 7. The molecule has 0 aliphatic heterocycles. The molecule has 0 fully saturated rings. The Balaban J connectivity index is 1.38. The van der Waals surface area contributed by atoms with E-state index in [1.165, 1.54) is 4.40 Å². The highest BCUT2D eigenvalue weighted by molar-refractivity contribution is 5.76. The van der Waals surface area contributed by atoms with Crippen molar-refractivity contribution < 1.29 is 14.1 Å². The Morgan fingerprint density at radius 1 is 1.11 bits per heavy atom. The van der Waals surface area contributed by atoms with Crippen LogP contribution in [0.5, 0.6) is 5.75 Å². The molecule has 0 radical (unpaired) electrons. The molecule has 0 aliphatic carbocycles.